The third-order valence-electron chi connectivity index (χ3n) is 4.90. The number of aromatic amines is 1. The van der Waals surface area contributed by atoms with Crippen molar-refractivity contribution in [2.24, 2.45) is 0 Å². The SMILES string of the molecule is Cc1cccc(-c2n[nH]c(=S)n2CCC(=O)NC2(C#N)CCCCC2)c1. The zero-order chi connectivity index (χ0) is 18.6. The van der Waals surface area contributed by atoms with E-state index in [1.54, 1.807) is 0 Å². The van der Waals surface area contributed by atoms with Gasteiger partial charge in [0, 0.05) is 18.5 Å². The summed E-state index contributed by atoms with van der Waals surface area (Å²) < 4.78 is 2.32. The van der Waals surface area contributed by atoms with Gasteiger partial charge >= 0.3 is 0 Å². The van der Waals surface area contributed by atoms with Gasteiger partial charge in [0.2, 0.25) is 5.91 Å². The maximum absolute atomic E-state index is 12.4. The number of amides is 1. The second kappa shape index (κ2) is 7.83. The van der Waals surface area contributed by atoms with Gasteiger partial charge in [-0.05, 0) is 38.0 Å². The van der Waals surface area contributed by atoms with E-state index in [0.29, 0.717) is 11.3 Å². The number of hydrogen-bond acceptors (Lipinski definition) is 4. The summed E-state index contributed by atoms with van der Waals surface area (Å²) in [6, 6.07) is 10.3. The molecule has 1 aromatic carbocycles. The average Bonchev–Trinajstić information content (AvgIpc) is 3.01. The number of carbonyl (C=O) groups excluding carboxylic acids is 1. The largest absolute Gasteiger partial charge is 0.338 e. The number of nitriles is 1. The van der Waals surface area contributed by atoms with Crippen molar-refractivity contribution in [2.75, 3.05) is 0 Å². The number of hydrogen-bond donors (Lipinski definition) is 2. The number of aryl methyl sites for hydroxylation is 1. The van der Waals surface area contributed by atoms with Gasteiger partial charge < -0.3 is 5.32 Å². The number of carbonyl (C=O) groups is 1. The van der Waals surface area contributed by atoms with Crippen LogP contribution in [0.4, 0.5) is 0 Å². The number of nitrogens with zero attached hydrogens (tertiary/aromatic N) is 3. The molecule has 1 heterocycles. The zero-order valence-electron chi connectivity index (χ0n) is 14.9. The predicted octanol–water partition coefficient (Wildman–Crippen LogP) is 3.65. The van der Waals surface area contributed by atoms with Gasteiger partial charge in [-0.25, -0.2) is 0 Å². The second-order valence-corrected chi connectivity index (χ2v) is 7.31. The van der Waals surface area contributed by atoms with Gasteiger partial charge in [-0.3, -0.25) is 14.5 Å². The molecule has 2 aromatic rings. The van der Waals surface area contributed by atoms with Crippen molar-refractivity contribution >= 4 is 18.1 Å². The summed E-state index contributed by atoms with van der Waals surface area (Å²) in [5.41, 5.74) is 1.39. The Labute approximate surface area is 158 Å². The lowest BCUT2D eigenvalue weighted by Crippen LogP contribution is -2.48. The third kappa shape index (κ3) is 4.02. The molecule has 136 valence electrons. The smallest absolute Gasteiger partial charge is 0.223 e. The Kier molecular flexibility index (Phi) is 5.52. The molecule has 0 bridgehead atoms. The molecule has 0 radical (unpaired) electrons. The van der Waals surface area contributed by atoms with Gasteiger partial charge in [0.1, 0.15) is 5.54 Å². The van der Waals surface area contributed by atoms with E-state index in [1.165, 1.54) is 0 Å². The van der Waals surface area contributed by atoms with Crippen molar-refractivity contribution in [2.45, 2.75) is 57.5 Å². The Balaban J connectivity index is 1.70. The molecule has 1 aromatic heterocycles. The zero-order valence-corrected chi connectivity index (χ0v) is 15.7. The second-order valence-electron chi connectivity index (χ2n) is 6.93. The first kappa shape index (κ1) is 18.3. The topological polar surface area (TPSA) is 86.5 Å². The van der Waals surface area contributed by atoms with Crippen LogP contribution in [0.2, 0.25) is 0 Å². The molecule has 0 atom stereocenters. The third-order valence-corrected chi connectivity index (χ3v) is 5.21. The standard InChI is InChI=1S/C19H23N5OS/c1-14-6-5-7-15(12-14)17-22-23-18(26)24(17)11-8-16(25)21-19(13-20)9-3-2-4-10-19/h5-7,12H,2-4,8-11H2,1H3,(H,21,25)(H,23,26). The van der Waals surface area contributed by atoms with Crippen molar-refractivity contribution in [3.8, 4) is 17.5 Å². The van der Waals surface area contributed by atoms with E-state index in [9.17, 15) is 10.1 Å². The summed E-state index contributed by atoms with van der Waals surface area (Å²) in [7, 11) is 0. The van der Waals surface area contributed by atoms with Crippen LogP contribution < -0.4 is 5.32 Å². The number of benzene rings is 1. The van der Waals surface area contributed by atoms with Crippen LogP contribution >= 0.6 is 12.2 Å². The first-order valence-electron chi connectivity index (χ1n) is 8.97. The quantitative estimate of drug-likeness (QED) is 0.788. The van der Waals surface area contributed by atoms with Crippen LogP contribution in [0.3, 0.4) is 0 Å². The number of rotatable bonds is 5. The van der Waals surface area contributed by atoms with E-state index in [2.05, 4.69) is 21.6 Å². The molecule has 0 aliphatic heterocycles. The molecule has 0 spiro atoms. The molecule has 1 aliphatic carbocycles. The highest BCUT2D eigenvalue weighted by Crippen LogP contribution is 2.27. The molecule has 0 unspecified atom stereocenters. The van der Waals surface area contributed by atoms with Crippen molar-refractivity contribution in [3.05, 3.63) is 34.6 Å². The Morgan fingerprint density at radius 2 is 2.19 bits per heavy atom. The van der Waals surface area contributed by atoms with E-state index in [1.807, 2.05) is 35.8 Å². The average molecular weight is 369 g/mol. The van der Waals surface area contributed by atoms with E-state index < -0.39 is 5.54 Å². The summed E-state index contributed by atoms with van der Waals surface area (Å²) in [4.78, 5) is 12.4. The lowest BCUT2D eigenvalue weighted by molar-refractivity contribution is -0.123. The fraction of sp³-hybridized carbons (Fsp3) is 0.474. The van der Waals surface area contributed by atoms with E-state index in [4.69, 9.17) is 12.2 Å². The fourth-order valence-corrected chi connectivity index (χ4v) is 3.72. The van der Waals surface area contributed by atoms with Crippen molar-refractivity contribution in [1.82, 2.24) is 20.1 Å². The molecule has 7 heteroatoms. The Morgan fingerprint density at radius 3 is 2.88 bits per heavy atom. The van der Waals surface area contributed by atoms with Gasteiger partial charge in [-0.2, -0.15) is 10.4 Å². The van der Waals surface area contributed by atoms with Gasteiger partial charge in [0.05, 0.1) is 6.07 Å². The number of aromatic nitrogens is 3. The highest BCUT2D eigenvalue weighted by Gasteiger charge is 2.33. The molecule has 6 nitrogen and oxygen atoms in total. The van der Waals surface area contributed by atoms with E-state index in [0.717, 1.165) is 49.1 Å². The molecule has 3 rings (SSSR count). The Bertz CT molecular complexity index is 886. The predicted molar refractivity (Wildman–Crippen MR) is 102 cm³/mol. The van der Waals surface area contributed by atoms with E-state index in [-0.39, 0.29) is 12.3 Å². The Morgan fingerprint density at radius 1 is 1.42 bits per heavy atom. The molecule has 1 fully saturated rings. The summed E-state index contributed by atoms with van der Waals surface area (Å²) in [6.07, 6.45) is 4.82. The van der Waals surface area contributed by atoms with Crippen molar-refractivity contribution in [3.63, 3.8) is 0 Å². The minimum atomic E-state index is -0.702. The summed E-state index contributed by atoms with van der Waals surface area (Å²) in [5, 5.41) is 19.6. The highest BCUT2D eigenvalue weighted by molar-refractivity contribution is 7.71. The Hall–Kier alpha value is -2.46. The maximum atomic E-state index is 12.4. The van der Waals surface area contributed by atoms with Crippen LogP contribution in [0.1, 0.15) is 44.1 Å². The minimum Gasteiger partial charge on any atom is -0.338 e. The lowest BCUT2D eigenvalue weighted by Gasteiger charge is -2.31. The first-order chi connectivity index (χ1) is 12.5. The van der Waals surface area contributed by atoms with E-state index >= 15 is 0 Å². The first-order valence-corrected chi connectivity index (χ1v) is 9.38. The molecule has 2 N–H and O–H groups in total. The van der Waals surface area contributed by atoms with Crippen molar-refractivity contribution in [1.29, 1.82) is 5.26 Å². The molecular weight excluding hydrogens is 346 g/mol. The van der Waals surface area contributed by atoms with Crippen LogP contribution in [0.25, 0.3) is 11.4 Å². The minimum absolute atomic E-state index is 0.119. The van der Waals surface area contributed by atoms with Gasteiger partial charge in [0.15, 0.2) is 10.6 Å². The van der Waals surface area contributed by atoms with Crippen LogP contribution in [-0.4, -0.2) is 26.2 Å². The van der Waals surface area contributed by atoms with Crippen LogP contribution in [0, 0.1) is 23.0 Å². The highest BCUT2D eigenvalue weighted by atomic mass is 32.1. The molecule has 0 saturated heterocycles. The van der Waals surface area contributed by atoms with Crippen molar-refractivity contribution < 1.29 is 4.79 Å². The summed E-state index contributed by atoms with van der Waals surface area (Å²) >= 11 is 5.32. The maximum Gasteiger partial charge on any atom is 0.223 e. The number of H-pyrrole nitrogens is 1. The monoisotopic (exact) mass is 369 g/mol. The van der Waals surface area contributed by atoms with Gasteiger partial charge in [-0.1, -0.05) is 43.0 Å². The van der Waals surface area contributed by atoms with Crippen LogP contribution in [-0.2, 0) is 11.3 Å². The normalized spacial score (nSPS) is 16.0. The van der Waals surface area contributed by atoms with Crippen LogP contribution in [0.15, 0.2) is 24.3 Å². The molecule has 1 saturated carbocycles. The fourth-order valence-electron chi connectivity index (χ4n) is 3.49. The molecule has 1 amide bonds. The lowest BCUT2D eigenvalue weighted by atomic mass is 9.83. The number of nitrogens with one attached hydrogen (secondary N) is 2. The van der Waals surface area contributed by atoms with Crippen LogP contribution in [0.5, 0.6) is 0 Å². The van der Waals surface area contributed by atoms with Gasteiger partial charge in [-0.15, -0.1) is 0 Å². The molecule has 1 aliphatic rings. The summed E-state index contributed by atoms with van der Waals surface area (Å²) in [5.74, 6) is 0.603. The molecular formula is C19H23N5OS. The molecule has 26 heavy (non-hydrogen) atoms. The summed E-state index contributed by atoms with van der Waals surface area (Å²) in [6.45, 7) is 2.44. The van der Waals surface area contributed by atoms with Gasteiger partial charge in [0.25, 0.3) is 0 Å².